The maximum atomic E-state index is 12.8. The van der Waals surface area contributed by atoms with Gasteiger partial charge in [0.1, 0.15) is 5.57 Å². The second kappa shape index (κ2) is 7.34. The van der Waals surface area contributed by atoms with E-state index in [0.29, 0.717) is 49.5 Å². The summed E-state index contributed by atoms with van der Waals surface area (Å²) in [6.07, 6.45) is 2.78. The molecule has 0 amide bonds. The molecule has 2 heterocycles. The Hall–Kier alpha value is -1.60. The lowest BCUT2D eigenvalue weighted by Crippen LogP contribution is -2.49. The van der Waals surface area contributed by atoms with Gasteiger partial charge in [-0.3, -0.25) is 4.79 Å². The lowest BCUT2D eigenvalue weighted by Gasteiger charge is -2.45. The van der Waals surface area contributed by atoms with Gasteiger partial charge in [0.2, 0.25) is 0 Å². The summed E-state index contributed by atoms with van der Waals surface area (Å²) in [7, 11) is 0. The summed E-state index contributed by atoms with van der Waals surface area (Å²) in [6, 6.07) is 4.79. The van der Waals surface area contributed by atoms with Crippen molar-refractivity contribution in [1.29, 1.82) is 0 Å². The van der Waals surface area contributed by atoms with E-state index in [-0.39, 0.29) is 16.4 Å². The fraction of sp³-hybridized carbons (Fsp3) is 0.500. The van der Waals surface area contributed by atoms with Crippen LogP contribution in [-0.2, 0) is 28.5 Å². The van der Waals surface area contributed by atoms with Crippen LogP contribution in [0, 0.1) is 0 Å². The first kappa shape index (κ1) is 19.7. The average Bonchev–Trinajstić information content (AvgIpc) is 2.90. The predicted molar refractivity (Wildman–Crippen MR) is 102 cm³/mol. The van der Waals surface area contributed by atoms with E-state index in [1.165, 1.54) is 13.0 Å². The zero-order chi connectivity index (χ0) is 19.9. The second-order valence-electron chi connectivity index (χ2n) is 7.27. The van der Waals surface area contributed by atoms with Crippen LogP contribution in [0.15, 0.2) is 24.0 Å². The molecule has 4 rings (SSSR count). The fourth-order valence-electron chi connectivity index (χ4n) is 4.08. The van der Waals surface area contributed by atoms with Crippen LogP contribution in [0.5, 0.6) is 0 Å². The average molecular weight is 427 g/mol. The van der Waals surface area contributed by atoms with Crippen molar-refractivity contribution in [2.75, 3.05) is 13.2 Å². The van der Waals surface area contributed by atoms with Gasteiger partial charge >= 0.3 is 11.9 Å². The number of carbonyl (C=O) groups is 2. The molecule has 0 bridgehead atoms. The maximum absolute atomic E-state index is 12.8. The topological polar surface area (TPSA) is 71.1 Å². The van der Waals surface area contributed by atoms with E-state index in [4.69, 9.17) is 42.1 Å². The van der Waals surface area contributed by atoms with Crippen LogP contribution < -0.4 is 0 Å². The second-order valence-corrected chi connectivity index (χ2v) is 8.11. The predicted octanol–water partition coefficient (Wildman–Crippen LogP) is 4.27. The molecule has 3 aliphatic rings. The molecule has 0 unspecified atom stereocenters. The molecule has 28 heavy (non-hydrogen) atoms. The third-order valence-corrected chi connectivity index (χ3v) is 5.97. The monoisotopic (exact) mass is 426 g/mol. The van der Waals surface area contributed by atoms with E-state index in [1.54, 1.807) is 12.1 Å². The number of benzene rings is 1. The first-order chi connectivity index (χ1) is 13.3. The number of ether oxygens (including phenoxy) is 4. The standard InChI is InChI=1S/C20H20Cl2O6/c1-12(23)27-17-16(14-4-3-13(21)11-15(14)22)18(24)28-19(17)5-7-20(8-6-19)25-9-2-10-26-20/h3-4,11H,2,5-10H2,1H3. The highest BCUT2D eigenvalue weighted by Gasteiger charge is 2.56. The highest BCUT2D eigenvalue weighted by Crippen LogP contribution is 2.51. The molecule has 0 radical (unpaired) electrons. The zero-order valence-corrected chi connectivity index (χ0v) is 16.9. The smallest absolute Gasteiger partial charge is 0.343 e. The van der Waals surface area contributed by atoms with Crippen LogP contribution in [0.4, 0.5) is 0 Å². The lowest BCUT2D eigenvalue weighted by molar-refractivity contribution is -0.291. The Balaban J connectivity index is 1.73. The number of hydrogen-bond acceptors (Lipinski definition) is 6. The molecule has 1 aromatic rings. The van der Waals surface area contributed by atoms with Gasteiger partial charge in [0.25, 0.3) is 0 Å². The molecule has 6 nitrogen and oxygen atoms in total. The van der Waals surface area contributed by atoms with Crippen molar-refractivity contribution in [1.82, 2.24) is 0 Å². The Bertz CT molecular complexity index is 846. The van der Waals surface area contributed by atoms with Gasteiger partial charge in [0, 0.05) is 30.4 Å². The van der Waals surface area contributed by atoms with Crippen LogP contribution in [0.1, 0.15) is 44.6 Å². The summed E-state index contributed by atoms with van der Waals surface area (Å²) < 4.78 is 23.1. The largest absolute Gasteiger partial charge is 0.447 e. The van der Waals surface area contributed by atoms with E-state index in [1.807, 2.05) is 0 Å². The van der Waals surface area contributed by atoms with Gasteiger partial charge in [0.15, 0.2) is 17.1 Å². The van der Waals surface area contributed by atoms with Crippen LogP contribution in [0.25, 0.3) is 5.57 Å². The summed E-state index contributed by atoms with van der Waals surface area (Å²) >= 11 is 12.3. The Kier molecular flexibility index (Phi) is 5.16. The maximum Gasteiger partial charge on any atom is 0.343 e. The summed E-state index contributed by atoms with van der Waals surface area (Å²) in [5.41, 5.74) is -0.441. The summed E-state index contributed by atoms with van der Waals surface area (Å²) in [4.78, 5) is 24.6. The minimum Gasteiger partial charge on any atom is -0.447 e. The highest BCUT2D eigenvalue weighted by atomic mass is 35.5. The Morgan fingerprint density at radius 3 is 2.39 bits per heavy atom. The molecular weight excluding hydrogens is 407 g/mol. The SMILES string of the molecule is CC(=O)OC1=C(c2ccc(Cl)cc2Cl)C(=O)OC12CCC1(CC2)OCCCO1. The Morgan fingerprint density at radius 2 is 1.79 bits per heavy atom. The van der Waals surface area contributed by atoms with Crippen LogP contribution in [0.3, 0.4) is 0 Å². The van der Waals surface area contributed by atoms with Crippen molar-refractivity contribution in [2.24, 2.45) is 0 Å². The van der Waals surface area contributed by atoms with E-state index in [0.717, 1.165) is 6.42 Å². The molecule has 150 valence electrons. The molecule has 1 saturated heterocycles. The molecule has 2 fully saturated rings. The van der Waals surface area contributed by atoms with Crippen LogP contribution >= 0.6 is 23.2 Å². The first-order valence-corrected chi connectivity index (χ1v) is 10.00. The van der Waals surface area contributed by atoms with Crippen molar-refractivity contribution >= 4 is 40.7 Å². The molecule has 1 aromatic carbocycles. The van der Waals surface area contributed by atoms with Gasteiger partial charge in [-0.1, -0.05) is 29.3 Å². The minimum atomic E-state index is -1.03. The third kappa shape index (κ3) is 3.43. The van der Waals surface area contributed by atoms with Crippen LogP contribution in [0.2, 0.25) is 10.0 Å². The number of halogens is 2. The van der Waals surface area contributed by atoms with Gasteiger partial charge in [-0.25, -0.2) is 4.79 Å². The Labute approximate surface area is 172 Å². The van der Waals surface area contributed by atoms with Gasteiger partial charge in [-0.15, -0.1) is 0 Å². The Morgan fingerprint density at radius 1 is 1.11 bits per heavy atom. The zero-order valence-electron chi connectivity index (χ0n) is 15.4. The molecule has 2 spiro atoms. The molecule has 1 saturated carbocycles. The summed E-state index contributed by atoms with van der Waals surface area (Å²) in [6.45, 7) is 2.58. The molecule has 0 N–H and O–H groups in total. The molecule has 1 aliphatic carbocycles. The molecule has 8 heteroatoms. The highest BCUT2D eigenvalue weighted by molar-refractivity contribution is 6.37. The number of esters is 2. The van der Waals surface area contributed by atoms with E-state index in [9.17, 15) is 9.59 Å². The van der Waals surface area contributed by atoms with E-state index in [2.05, 4.69) is 0 Å². The lowest BCUT2D eigenvalue weighted by atomic mass is 9.79. The third-order valence-electron chi connectivity index (χ3n) is 5.42. The van der Waals surface area contributed by atoms with Crippen molar-refractivity contribution in [3.05, 3.63) is 39.6 Å². The van der Waals surface area contributed by atoms with Crippen molar-refractivity contribution in [2.45, 2.75) is 50.4 Å². The number of carbonyl (C=O) groups excluding carboxylic acids is 2. The summed E-state index contributed by atoms with van der Waals surface area (Å²) in [5, 5.41) is 0.725. The quantitative estimate of drug-likeness (QED) is 0.657. The van der Waals surface area contributed by atoms with Gasteiger partial charge in [0.05, 0.1) is 18.2 Å². The number of hydrogen-bond donors (Lipinski definition) is 0. The van der Waals surface area contributed by atoms with Crippen molar-refractivity contribution < 1.29 is 28.5 Å². The van der Waals surface area contributed by atoms with Gasteiger partial charge in [-0.05, 0) is 31.4 Å². The van der Waals surface area contributed by atoms with Crippen molar-refractivity contribution in [3.63, 3.8) is 0 Å². The molecule has 0 atom stereocenters. The normalized spacial score (nSPS) is 23.2. The fourth-order valence-corrected chi connectivity index (χ4v) is 4.58. The number of rotatable bonds is 2. The summed E-state index contributed by atoms with van der Waals surface area (Å²) in [5.74, 6) is -1.54. The van der Waals surface area contributed by atoms with E-state index >= 15 is 0 Å². The molecule has 2 aliphatic heterocycles. The van der Waals surface area contributed by atoms with Gasteiger partial charge < -0.3 is 18.9 Å². The molecular formula is C20H20Cl2O6. The van der Waals surface area contributed by atoms with Gasteiger partial charge in [-0.2, -0.15) is 0 Å². The molecule has 0 aromatic heterocycles. The van der Waals surface area contributed by atoms with E-state index < -0.39 is 23.3 Å². The van der Waals surface area contributed by atoms with Crippen LogP contribution in [-0.4, -0.2) is 36.5 Å². The minimum absolute atomic E-state index is 0.165. The first-order valence-electron chi connectivity index (χ1n) is 9.24. The van der Waals surface area contributed by atoms with Crippen molar-refractivity contribution in [3.8, 4) is 0 Å².